The van der Waals surface area contributed by atoms with Gasteiger partial charge in [0.15, 0.2) is 0 Å². The highest BCUT2D eigenvalue weighted by Crippen LogP contribution is 2.27. The Morgan fingerprint density at radius 1 is 1.25 bits per heavy atom. The third-order valence-corrected chi connectivity index (χ3v) is 3.84. The Balaban J connectivity index is 1.85. The number of nitrogens with zero attached hydrogens (tertiary/aromatic N) is 1. The topological polar surface area (TPSA) is 32.3 Å². The molecule has 3 nitrogen and oxygen atoms in total. The van der Waals surface area contributed by atoms with Crippen LogP contribution in [-0.4, -0.2) is 36.0 Å². The van der Waals surface area contributed by atoms with Crippen molar-refractivity contribution < 1.29 is 4.79 Å². The van der Waals surface area contributed by atoms with Gasteiger partial charge in [0.05, 0.1) is 0 Å². The van der Waals surface area contributed by atoms with Gasteiger partial charge in [0.2, 0.25) is 5.91 Å². The van der Waals surface area contributed by atoms with Gasteiger partial charge in [-0.25, -0.2) is 0 Å². The smallest absolute Gasteiger partial charge is 0.225 e. The molecule has 2 atom stereocenters. The van der Waals surface area contributed by atoms with Crippen molar-refractivity contribution in [3.05, 3.63) is 0 Å². The van der Waals surface area contributed by atoms with Gasteiger partial charge in [0.1, 0.15) is 0 Å². The summed E-state index contributed by atoms with van der Waals surface area (Å²) in [4.78, 5) is 14.5. The van der Waals surface area contributed by atoms with Crippen LogP contribution in [-0.2, 0) is 4.79 Å². The lowest BCUT2D eigenvalue weighted by atomic mass is 9.92. The summed E-state index contributed by atoms with van der Waals surface area (Å²) in [5.74, 6) is 0.198. The molecule has 0 saturated carbocycles. The quantitative estimate of drug-likeness (QED) is 0.736. The summed E-state index contributed by atoms with van der Waals surface area (Å²) >= 11 is 0. The molecule has 0 aromatic rings. The van der Waals surface area contributed by atoms with E-state index >= 15 is 0 Å². The maximum atomic E-state index is 11.9. The second-order valence-electron chi connectivity index (χ2n) is 6.28. The molecule has 0 aliphatic carbocycles. The van der Waals surface area contributed by atoms with Gasteiger partial charge in [-0.15, -0.1) is 0 Å². The summed E-state index contributed by atoms with van der Waals surface area (Å²) in [6.07, 6.45) is 4.94. The summed E-state index contributed by atoms with van der Waals surface area (Å²) < 4.78 is 0. The Morgan fingerprint density at radius 2 is 2.00 bits per heavy atom. The van der Waals surface area contributed by atoms with Crippen LogP contribution >= 0.6 is 0 Å². The van der Waals surface area contributed by atoms with Gasteiger partial charge >= 0.3 is 0 Å². The van der Waals surface area contributed by atoms with E-state index in [1.807, 2.05) is 20.8 Å². The molecule has 1 N–H and O–H groups in total. The maximum Gasteiger partial charge on any atom is 0.225 e. The molecule has 0 aromatic carbocycles. The zero-order valence-electron chi connectivity index (χ0n) is 10.8. The number of hydrogen-bond acceptors (Lipinski definition) is 2. The van der Waals surface area contributed by atoms with Gasteiger partial charge in [-0.3, -0.25) is 4.79 Å². The average molecular weight is 224 g/mol. The van der Waals surface area contributed by atoms with Crippen LogP contribution in [0, 0.1) is 5.41 Å². The van der Waals surface area contributed by atoms with Crippen LogP contribution in [0.5, 0.6) is 0 Å². The lowest BCUT2D eigenvalue weighted by Crippen LogP contribution is -2.49. The zero-order valence-corrected chi connectivity index (χ0v) is 10.8. The van der Waals surface area contributed by atoms with Crippen LogP contribution in [0.2, 0.25) is 0 Å². The lowest BCUT2D eigenvalue weighted by molar-refractivity contribution is -0.129. The number of carbonyl (C=O) groups is 1. The highest BCUT2D eigenvalue weighted by Gasteiger charge is 2.33. The molecule has 2 aliphatic heterocycles. The molecule has 2 saturated heterocycles. The van der Waals surface area contributed by atoms with Crippen molar-refractivity contribution >= 4 is 5.91 Å². The third kappa shape index (κ3) is 2.57. The first kappa shape index (κ1) is 11.9. The van der Waals surface area contributed by atoms with Crippen LogP contribution in [0.1, 0.15) is 46.5 Å². The van der Waals surface area contributed by atoms with E-state index in [0.29, 0.717) is 6.04 Å². The van der Waals surface area contributed by atoms with E-state index in [-0.39, 0.29) is 11.3 Å². The molecule has 3 heteroatoms. The summed E-state index contributed by atoms with van der Waals surface area (Å²) in [7, 11) is 0. The Hall–Kier alpha value is -0.570. The number of amides is 1. The van der Waals surface area contributed by atoms with Crippen LogP contribution < -0.4 is 5.32 Å². The van der Waals surface area contributed by atoms with Crippen LogP contribution in [0.4, 0.5) is 0 Å². The summed E-state index contributed by atoms with van der Waals surface area (Å²) in [5.41, 5.74) is -0.257. The van der Waals surface area contributed by atoms with Crippen molar-refractivity contribution in [2.24, 2.45) is 5.41 Å². The van der Waals surface area contributed by atoms with Gasteiger partial charge in [0.25, 0.3) is 0 Å². The molecular formula is C13H24N2O. The molecule has 2 heterocycles. The molecule has 0 bridgehead atoms. The first-order valence-electron chi connectivity index (χ1n) is 6.52. The minimum Gasteiger partial charge on any atom is -0.353 e. The van der Waals surface area contributed by atoms with Crippen molar-refractivity contribution in [1.29, 1.82) is 0 Å². The van der Waals surface area contributed by atoms with Gasteiger partial charge < -0.3 is 10.2 Å². The van der Waals surface area contributed by atoms with Gasteiger partial charge in [-0.1, -0.05) is 20.8 Å². The lowest BCUT2D eigenvalue weighted by Gasteiger charge is -2.36. The molecule has 0 spiro atoms. The van der Waals surface area contributed by atoms with Crippen molar-refractivity contribution in [3.63, 3.8) is 0 Å². The fraction of sp³-hybridized carbons (Fsp3) is 0.923. The molecule has 2 unspecified atom stereocenters. The SMILES string of the molecule is CC(C)(C)C(=O)NC1CCN2CCCC2C1. The zero-order chi connectivity index (χ0) is 11.8. The molecule has 92 valence electrons. The largest absolute Gasteiger partial charge is 0.353 e. The second-order valence-corrected chi connectivity index (χ2v) is 6.28. The standard InChI is InChI=1S/C13H24N2O/c1-13(2,3)12(16)14-10-6-8-15-7-4-5-11(15)9-10/h10-11H,4-9H2,1-3H3,(H,14,16). The number of piperidine rings is 1. The fourth-order valence-electron chi connectivity index (χ4n) is 2.76. The van der Waals surface area contributed by atoms with Gasteiger partial charge in [0, 0.05) is 24.0 Å². The van der Waals surface area contributed by atoms with Crippen LogP contribution in [0.25, 0.3) is 0 Å². The normalized spacial score (nSPS) is 31.2. The molecule has 0 aromatic heterocycles. The van der Waals surface area contributed by atoms with Crippen LogP contribution in [0.15, 0.2) is 0 Å². The third-order valence-electron chi connectivity index (χ3n) is 3.84. The molecule has 0 radical (unpaired) electrons. The number of fused-ring (bicyclic) bond motifs is 1. The summed E-state index contributed by atoms with van der Waals surface area (Å²) in [6, 6.07) is 1.14. The highest BCUT2D eigenvalue weighted by molar-refractivity contribution is 5.81. The first-order chi connectivity index (χ1) is 7.47. The van der Waals surface area contributed by atoms with Gasteiger partial charge in [-0.2, -0.15) is 0 Å². The van der Waals surface area contributed by atoms with Crippen molar-refractivity contribution in [2.45, 2.75) is 58.5 Å². The van der Waals surface area contributed by atoms with Crippen molar-refractivity contribution in [2.75, 3.05) is 13.1 Å². The number of hydrogen-bond donors (Lipinski definition) is 1. The monoisotopic (exact) mass is 224 g/mol. The van der Waals surface area contributed by atoms with Gasteiger partial charge in [-0.05, 0) is 32.2 Å². The van der Waals surface area contributed by atoms with E-state index in [1.165, 1.54) is 25.9 Å². The number of nitrogens with one attached hydrogen (secondary N) is 1. The van der Waals surface area contributed by atoms with E-state index in [1.54, 1.807) is 0 Å². The van der Waals surface area contributed by atoms with E-state index in [0.717, 1.165) is 18.9 Å². The summed E-state index contributed by atoms with van der Waals surface area (Å²) in [5, 5.41) is 3.21. The average Bonchev–Trinajstić information content (AvgIpc) is 2.63. The predicted octanol–water partition coefficient (Wildman–Crippen LogP) is 1.78. The first-order valence-corrected chi connectivity index (χ1v) is 6.52. The molecular weight excluding hydrogens is 200 g/mol. The Labute approximate surface area is 98.6 Å². The molecule has 2 fully saturated rings. The van der Waals surface area contributed by atoms with Crippen LogP contribution in [0.3, 0.4) is 0 Å². The predicted molar refractivity (Wildman–Crippen MR) is 65.2 cm³/mol. The fourth-order valence-corrected chi connectivity index (χ4v) is 2.76. The number of rotatable bonds is 1. The molecule has 1 amide bonds. The Morgan fingerprint density at radius 3 is 2.69 bits per heavy atom. The van der Waals surface area contributed by atoms with E-state index in [4.69, 9.17) is 0 Å². The van der Waals surface area contributed by atoms with E-state index in [2.05, 4.69) is 10.2 Å². The highest BCUT2D eigenvalue weighted by atomic mass is 16.2. The Kier molecular flexibility index (Phi) is 3.24. The van der Waals surface area contributed by atoms with Crippen molar-refractivity contribution in [1.82, 2.24) is 10.2 Å². The second kappa shape index (κ2) is 4.36. The summed E-state index contributed by atoms with van der Waals surface area (Å²) in [6.45, 7) is 8.37. The minimum absolute atomic E-state index is 0.198. The molecule has 2 rings (SSSR count). The number of carbonyl (C=O) groups excluding carboxylic acids is 1. The minimum atomic E-state index is -0.257. The van der Waals surface area contributed by atoms with E-state index in [9.17, 15) is 4.79 Å². The van der Waals surface area contributed by atoms with E-state index < -0.39 is 0 Å². The van der Waals surface area contributed by atoms with Crippen molar-refractivity contribution in [3.8, 4) is 0 Å². The Bertz CT molecular complexity index is 270. The molecule has 2 aliphatic rings. The maximum absolute atomic E-state index is 11.9. The molecule has 16 heavy (non-hydrogen) atoms.